The highest BCUT2D eigenvalue weighted by Gasteiger charge is 2.26. The molecule has 0 spiro atoms. The summed E-state index contributed by atoms with van der Waals surface area (Å²) in [6.45, 7) is 7.09. The number of halogens is 1. The molecule has 0 radical (unpaired) electrons. The van der Waals surface area contributed by atoms with Gasteiger partial charge in [0.25, 0.3) is 0 Å². The van der Waals surface area contributed by atoms with Gasteiger partial charge in [0.2, 0.25) is 0 Å². The number of pyridine rings is 1. The van der Waals surface area contributed by atoms with Crippen molar-refractivity contribution in [3.63, 3.8) is 0 Å². The number of unbranched alkanes of at least 4 members (excludes halogenated alkanes) is 1. The van der Waals surface area contributed by atoms with Crippen LogP contribution in [0, 0.1) is 11.7 Å². The molecule has 2 aromatic heterocycles. The van der Waals surface area contributed by atoms with E-state index < -0.39 is 5.97 Å². The second-order valence-electron chi connectivity index (χ2n) is 11.1. The Hall–Kier alpha value is -3.82. The third-order valence-corrected chi connectivity index (χ3v) is 7.76. The highest BCUT2D eigenvalue weighted by atomic mass is 19.1. The van der Waals surface area contributed by atoms with Gasteiger partial charge < -0.3 is 24.1 Å². The van der Waals surface area contributed by atoms with E-state index >= 15 is 0 Å². The zero-order valence-electron chi connectivity index (χ0n) is 24.5. The number of fused-ring (bicyclic) bond motifs is 3. The first kappa shape index (κ1) is 29.7. The lowest BCUT2D eigenvalue weighted by atomic mass is 9.89. The largest absolute Gasteiger partial charge is 0.493 e. The number of hydrogen-bond donors (Lipinski definition) is 1. The van der Waals surface area contributed by atoms with E-state index in [9.17, 15) is 14.0 Å². The number of piperidine rings is 1. The standard InChI is InChI=1S/C33H38FN3O5/c1-21(2)42-33(39)31-25(20-40-3)29-27(19-35-31)36-26-7-6-8-28(30(26)29)41-18-5-4-15-37-16-13-23(14-17-37)32(38)22-9-11-24(34)12-10-22/h6-12,19,21,23,36H,4-5,13-18,20H2,1-3H3. The van der Waals surface area contributed by atoms with Crippen LogP contribution in [0.25, 0.3) is 21.8 Å². The number of ketones is 1. The number of rotatable bonds is 12. The van der Waals surface area contributed by atoms with Gasteiger partial charge in [0.15, 0.2) is 11.5 Å². The zero-order valence-corrected chi connectivity index (χ0v) is 24.5. The van der Waals surface area contributed by atoms with Crippen molar-refractivity contribution in [2.45, 2.75) is 52.2 Å². The number of benzene rings is 2. The maximum Gasteiger partial charge on any atom is 0.357 e. The van der Waals surface area contributed by atoms with Gasteiger partial charge >= 0.3 is 5.97 Å². The van der Waals surface area contributed by atoms with E-state index in [2.05, 4.69) is 14.9 Å². The summed E-state index contributed by atoms with van der Waals surface area (Å²) in [5.74, 6) is 0.0520. The minimum absolute atomic E-state index is 0.00217. The minimum Gasteiger partial charge on any atom is -0.493 e. The molecule has 1 N–H and O–H groups in total. The van der Waals surface area contributed by atoms with E-state index in [0.29, 0.717) is 17.7 Å². The van der Waals surface area contributed by atoms with Crippen LogP contribution in [0.2, 0.25) is 0 Å². The lowest BCUT2D eigenvalue weighted by Crippen LogP contribution is -2.37. The number of esters is 1. The fourth-order valence-electron chi connectivity index (χ4n) is 5.71. The van der Waals surface area contributed by atoms with Gasteiger partial charge in [-0.3, -0.25) is 4.79 Å². The number of methoxy groups -OCH3 is 1. The van der Waals surface area contributed by atoms with E-state index in [-0.39, 0.29) is 35.9 Å². The van der Waals surface area contributed by atoms with Crippen molar-refractivity contribution in [1.29, 1.82) is 0 Å². The summed E-state index contributed by atoms with van der Waals surface area (Å²) in [6.07, 6.45) is 4.89. The SMILES string of the molecule is COCc1c(C(=O)OC(C)C)ncc2[nH]c3cccc(OCCCCN4CCC(C(=O)c5ccc(F)cc5)CC4)c3c12. The second-order valence-corrected chi connectivity index (χ2v) is 11.1. The zero-order chi connectivity index (χ0) is 29.6. The summed E-state index contributed by atoms with van der Waals surface area (Å²) in [4.78, 5) is 35.8. The van der Waals surface area contributed by atoms with Crippen LogP contribution in [0.4, 0.5) is 4.39 Å². The lowest BCUT2D eigenvalue weighted by molar-refractivity contribution is 0.0366. The Bertz CT molecular complexity index is 1540. The quantitative estimate of drug-likeness (QED) is 0.120. The van der Waals surface area contributed by atoms with Crippen molar-refractivity contribution in [1.82, 2.24) is 14.9 Å². The van der Waals surface area contributed by atoms with Crippen molar-refractivity contribution >= 4 is 33.6 Å². The number of nitrogens with zero attached hydrogens (tertiary/aromatic N) is 2. The number of hydrogen-bond acceptors (Lipinski definition) is 7. The number of ether oxygens (including phenoxy) is 3. The highest BCUT2D eigenvalue weighted by molar-refractivity contribution is 6.13. The van der Waals surface area contributed by atoms with Crippen LogP contribution < -0.4 is 4.74 Å². The van der Waals surface area contributed by atoms with Crippen LogP contribution >= 0.6 is 0 Å². The summed E-state index contributed by atoms with van der Waals surface area (Å²) in [7, 11) is 1.59. The Kier molecular flexibility index (Phi) is 9.49. The number of aromatic nitrogens is 2. The molecule has 42 heavy (non-hydrogen) atoms. The lowest BCUT2D eigenvalue weighted by Gasteiger charge is -2.31. The molecule has 1 saturated heterocycles. The van der Waals surface area contributed by atoms with Gasteiger partial charge in [0.05, 0.1) is 36.5 Å². The first-order valence-corrected chi connectivity index (χ1v) is 14.6. The average molecular weight is 576 g/mol. The Morgan fingerprint density at radius 3 is 2.52 bits per heavy atom. The molecule has 0 saturated carbocycles. The maximum absolute atomic E-state index is 13.2. The topological polar surface area (TPSA) is 93.8 Å². The highest BCUT2D eigenvalue weighted by Crippen LogP contribution is 2.36. The number of aromatic amines is 1. The van der Waals surface area contributed by atoms with Crippen LogP contribution in [-0.2, 0) is 16.1 Å². The number of likely N-dealkylation sites (tertiary alicyclic amines) is 1. The fourth-order valence-corrected chi connectivity index (χ4v) is 5.71. The Morgan fingerprint density at radius 2 is 1.81 bits per heavy atom. The fraction of sp³-hybridized carbons (Fsp3) is 0.424. The predicted octanol–water partition coefficient (Wildman–Crippen LogP) is 6.32. The molecule has 9 heteroatoms. The molecule has 5 rings (SSSR count). The van der Waals surface area contributed by atoms with Gasteiger partial charge in [0.1, 0.15) is 11.6 Å². The number of carbonyl (C=O) groups is 2. The molecule has 0 bridgehead atoms. The second kappa shape index (κ2) is 13.4. The van der Waals surface area contributed by atoms with Crippen LogP contribution in [0.5, 0.6) is 5.75 Å². The van der Waals surface area contributed by atoms with Crippen LogP contribution in [0.1, 0.15) is 65.9 Å². The third-order valence-electron chi connectivity index (χ3n) is 7.76. The van der Waals surface area contributed by atoms with E-state index in [0.717, 1.165) is 72.9 Å². The molecule has 0 unspecified atom stereocenters. The van der Waals surface area contributed by atoms with E-state index in [1.165, 1.54) is 12.1 Å². The van der Waals surface area contributed by atoms with Crippen molar-refractivity contribution in [2.75, 3.05) is 33.4 Å². The van der Waals surface area contributed by atoms with E-state index in [1.54, 1.807) is 25.4 Å². The van der Waals surface area contributed by atoms with Crippen LogP contribution in [0.15, 0.2) is 48.7 Å². The molecule has 222 valence electrons. The Balaban J connectivity index is 1.19. The first-order valence-electron chi connectivity index (χ1n) is 14.6. The minimum atomic E-state index is -0.476. The summed E-state index contributed by atoms with van der Waals surface area (Å²) in [5.41, 5.74) is 3.21. The molecule has 4 aromatic rings. The molecule has 0 aliphatic carbocycles. The molecule has 8 nitrogen and oxygen atoms in total. The molecular formula is C33H38FN3O5. The molecule has 1 aliphatic rings. The molecular weight excluding hydrogens is 537 g/mol. The van der Waals surface area contributed by atoms with Gasteiger partial charge in [0, 0.05) is 34.9 Å². The van der Waals surface area contributed by atoms with Crippen molar-refractivity contribution in [2.24, 2.45) is 5.92 Å². The maximum atomic E-state index is 13.2. The van der Waals surface area contributed by atoms with E-state index in [4.69, 9.17) is 14.2 Å². The van der Waals surface area contributed by atoms with Gasteiger partial charge in [-0.1, -0.05) is 6.07 Å². The van der Waals surface area contributed by atoms with Crippen molar-refractivity contribution in [3.8, 4) is 5.75 Å². The van der Waals surface area contributed by atoms with Gasteiger partial charge in [-0.25, -0.2) is 14.2 Å². The Labute approximate surface area is 245 Å². The summed E-state index contributed by atoms with van der Waals surface area (Å²) < 4.78 is 30.4. The van der Waals surface area contributed by atoms with Crippen LogP contribution in [-0.4, -0.2) is 66.1 Å². The smallest absolute Gasteiger partial charge is 0.357 e. The molecule has 0 atom stereocenters. The monoisotopic (exact) mass is 575 g/mol. The summed E-state index contributed by atoms with van der Waals surface area (Å²) in [5, 5.41) is 1.75. The Morgan fingerprint density at radius 1 is 1.05 bits per heavy atom. The number of nitrogens with one attached hydrogen (secondary N) is 1. The third kappa shape index (κ3) is 6.63. The van der Waals surface area contributed by atoms with Crippen molar-refractivity contribution in [3.05, 3.63) is 71.3 Å². The normalized spacial score (nSPS) is 14.6. The summed E-state index contributed by atoms with van der Waals surface area (Å²) in [6, 6.07) is 11.7. The molecule has 3 heterocycles. The van der Waals surface area contributed by atoms with Gasteiger partial charge in [-0.15, -0.1) is 0 Å². The van der Waals surface area contributed by atoms with E-state index in [1.807, 2.05) is 32.0 Å². The predicted molar refractivity (Wildman–Crippen MR) is 159 cm³/mol. The van der Waals surface area contributed by atoms with Crippen LogP contribution in [0.3, 0.4) is 0 Å². The molecule has 0 amide bonds. The summed E-state index contributed by atoms with van der Waals surface area (Å²) >= 11 is 0. The van der Waals surface area contributed by atoms with Crippen molar-refractivity contribution < 1.29 is 28.2 Å². The number of carbonyl (C=O) groups excluding carboxylic acids is 2. The van der Waals surface area contributed by atoms with Gasteiger partial charge in [-0.2, -0.15) is 0 Å². The molecule has 1 aliphatic heterocycles. The molecule has 1 fully saturated rings. The first-order chi connectivity index (χ1) is 20.4. The molecule has 2 aromatic carbocycles. The number of H-pyrrole nitrogens is 1. The van der Waals surface area contributed by atoms with Gasteiger partial charge in [-0.05, 0) is 95.6 Å². The average Bonchev–Trinajstić information content (AvgIpc) is 3.37. The number of Topliss-reactive ketones (excluding diaryl/α,β-unsaturated/α-hetero) is 1.